The van der Waals surface area contributed by atoms with E-state index >= 15 is 0 Å². The van der Waals surface area contributed by atoms with Crippen LogP contribution in [-0.2, 0) is 0 Å². The van der Waals surface area contributed by atoms with Crippen LogP contribution in [-0.4, -0.2) is 13.4 Å². The molecular formula is C16H19NSSi. The van der Waals surface area contributed by atoms with Crippen molar-refractivity contribution >= 4 is 30.3 Å². The monoisotopic (exact) mass is 285 g/mol. The highest BCUT2D eigenvalue weighted by atomic mass is 32.4. The Morgan fingerprint density at radius 1 is 0.895 bits per heavy atom. The Kier molecular flexibility index (Phi) is 4.61. The number of hydrogen-bond acceptors (Lipinski definition) is 2. The van der Waals surface area contributed by atoms with Crippen molar-refractivity contribution in [2.45, 2.75) is 24.5 Å². The summed E-state index contributed by atoms with van der Waals surface area (Å²) in [5.74, 6) is 0. The molecule has 98 valence electrons. The molecule has 0 heterocycles. The molecule has 0 unspecified atom stereocenters. The van der Waals surface area contributed by atoms with E-state index in [0.717, 1.165) is 11.3 Å². The maximum atomic E-state index is 4.49. The fraction of sp³-hybridized carbons (Fsp3) is 0.188. The summed E-state index contributed by atoms with van der Waals surface area (Å²) in [6, 6.07) is 18.7. The van der Waals surface area contributed by atoms with Crippen molar-refractivity contribution in [2.24, 2.45) is 4.99 Å². The quantitative estimate of drug-likeness (QED) is 0.544. The lowest BCUT2D eigenvalue weighted by Gasteiger charge is -2.14. The van der Waals surface area contributed by atoms with Gasteiger partial charge in [0.25, 0.3) is 0 Å². The van der Waals surface area contributed by atoms with Crippen molar-refractivity contribution in [3.63, 3.8) is 0 Å². The number of rotatable bonds is 4. The SMILES string of the molecule is C[Si](C)(C)Sc1ccc(/N=C/c2ccccc2)cc1. The van der Waals surface area contributed by atoms with Gasteiger partial charge < -0.3 is 0 Å². The van der Waals surface area contributed by atoms with Crippen LogP contribution in [0.25, 0.3) is 0 Å². The second-order valence-electron chi connectivity index (χ2n) is 5.38. The minimum atomic E-state index is -1.11. The lowest BCUT2D eigenvalue weighted by molar-refractivity contribution is 1.43. The molecule has 2 rings (SSSR count). The standard InChI is InChI=1S/C16H19NSSi/c1-19(2,3)18-16-11-9-15(10-12-16)17-13-14-7-5-4-6-8-14/h4-13H,1-3H3/b17-13+. The molecule has 0 spiro atoms. The van der Waals surface area contributed by atoms with Gasteiger partial charge in [0.1, 0.15) is 7.22 Å². The summed E-state index contributed by atoms with van der Waals surface area (Å²) in [6.07, 6.45) is 1.90. The summed E-state index contributed by atoms with van der Waals surface area (Å²) in [5.41, 5.74) is 2.13. The van der Waals surface area contributed by atoms with Crippen molar-refractivity contribution in [3.05, 3.63) is 60.2 Å². The van der Waals surface area contributed by atoms with E-state index in [-0.39, 0.29) is 0 Å². The van der Waals surface area contributed by atoms with Crippen LogP contribution in [0.1, 0.15) is 5.56 Å². The van der Waals surface area contributed by atoms with Crippen molar-refractivity contribution < 1.29 is 0 Å². The average molecular weight is 285 g/mol. The van der Waals surface area contributed by atoms with Gasteiger partial charge in [-0.2, -0.15) is 11.2 Å². The molecule has 0 aromatic heterocycles. The topological polar surface area (TPSA) is 12.4 Å². The molecule has 0 saturated carbocycles. The lowest BCUT2D eigenvalue weighted by atomic mass is 10.2. The zero-order valence-corrected chi connectivity index (χ0v) is 13.4. The van der Waals surface area contributed by atoms with E-state index in [0.29, 0.717) is 0 Å². The summed E-state index contributed by atoms with van der Waals surface area (Å²) in [5, 5.41) is 0. The predicted octanol–water partition coefficient (Wildman–Crippen LogP) is 5.36. The minimum Gasteiger partial charge on any atom is -0.256 e. The first-order valence-electron chi connectivity index (χ1n) is 6.41. The third-order valence-electron chi connectivity index (χ3n) is 2.42. The first-order chi connectivity index (χ1) is 9.03. The number of hydrogen-bond donors (Lipinski definition) is 0. The van der Waals surface area contributed by atoms with Crippen molar-refractivity contribution in [2.75, 3.05) is 0 Å². The Morgan fingerprint density at radius 3 is 2.11 bits per heavy atom. The Hall–Kier alpha value is -1.32. The molecule has 0 atom stereocenters. The van der Waals surface area contributed by atoms with Crippen LogP contribution < -0.4 is 0 Å². The first kappa shape index (κ1) is 14.1. The largest absolute Gasteiger partial charge is 0.256 e. The molecule has 1 nitrogen and oxygen atoms in total. The average Bonchev–Trinajstić information content (AvgIpc) is 2.37. The molecule has 0 bridgehead atoms. The van der Waals surface area contributed by atoms with Crippen LogP contribution in [0, 0.1) is 0 Å². The van der Waals surface area contributed by atoms with Gasteiger partial charge in [0.15, 0.2) is 0 Å². The fourth-order valence-electron chi connectivity index (χ4n) is 1.64. The summed E-state index contributed by atoms with van der Waals surface area (Å²) in [6.45, 7) is 7.08. The highest BCUT2D eigenvalue weighted by molar-refractivity contribution is 8.28. The van der Waals surface area contributed by atoms with Gasteiger partial charge in [0.05, 0.1) is 5.69 Å². The Balaban J connectivity index is 2.05. The number of aliphatic imine (C=N–C) groups is 1. The van der Waals surface area contributed by atoms with Gasteiger partial charge in [-0.3, -0.25) is 4.99 Å². The van der Waals surface area contributed by atoms with E-state index in [9.17, 15) is 0 Å². The fourth-order valence-corrected chi connectivity index (χ4v) is 5.15. The molecule has 2 aromatic rings. The molecule has 2 aromatic carbocycles. The van der Waals surface area contributed by atoms with E-state index < -0.39 is 7.22 Å². The minimum absolute atomic E-state index is 1.00. The molecule has 19 heavy (non-hydrogen) atoms. The maximum Gasteiger partial charge on any atom is 0.114 e. The van der Waals surface area contributed by atoms with Crippen LogP contribution in [0.5, 0.6) is 0 Å². The Labute approximate surface area is 120 Å². The van der Waals surface area contributed by atoms with Gasteiger partial charge >= 0.3 is 0 Å². The van der Waals surface area contributed by atoms with Crippen LogP contribution in [0.3, 0.4) is 0 Å². The van der Waals surface area contributed by atoms with E-state index in [2.05, 4.69) is 61.0 Å². The van der Waals surface area contributed by atoms with Gasteiger partial charge in [-0.25, -0.2) is 0 Å². The second-order valence-corrected chi connectivity index (χ2v) is 14.6. The highest BCUT2D eigenvalue weighted by Crippen LogP contribution is 2.30. The first-order valence-corrected chi connectivity index (χ1v) is 11.5. The maximum absolute atomic E-state index is 4.49. The molecule has 0 aliphatic carbocycles. The highest BCUT2D eigenvalue weighted by Gasteiger charge is 2.14. The lowest BCUT2D eigenvalue weighted by Crippen LogP contribution is -2.13. The van der Waals surface area contributed by atoms with Gasteiger partial charge in [0.2, 0.25) is 0 Å². The van der Waals surface area contributed by atoms with Crippen molar-refractivity contribution in [1.29, 1.82) is 0 Å². The van der Waals surface area contributed by atoms with E-state index in [4.69, 9.17) is 0 Å². The summed E-state index contributed by atoms with van der Waals surface area (Å²) < 4.78 is 0. The number of nitrogens with zero attached hydrogens (tertiary/aromatic N) is 1. The smallest absolute Gasteiger partial charge is 0.114 e. The predicted molar refractivity (Wildman–Crippen MR) is 89.3 cm³/mol. The van der Waals surface area contributed by atoms with Gasteiger partial charge in [-0.1, -0.05) is 50.0 Å². The van der Waals surface area contributed by atoms with Crippen molar-refractivity contribution in [3.8, 4) is 0 Å². The van der Waals surface area contributed by atoms with Gasteiger partial charge in [0, 0.05) is 11.1 Å². The zero-order chi connectivity index (χ0) is 13.7. The van der Waals surface area contributed by atoms with E-state index in [1.165, 1.54) is 4.90 Å². The summed E-state index contributed by atoms with van der Waals surface area (Å²) >= 11 is 2.01. The molecule has 0 aliphatic heterocycles. The Bertz CT molecular complexity index is 541. The van der Waals surface area contributed by atoms with E-state index in [1.54, 1.807) is 0 Å². The van der Waals surface area contributed by atoms with Crippen LogP contribution in [0.15, 0.2) is 64.5 Å². The van der Waals surface area contributed by atoms with E-state index in [1.807, 2.05) is 35.6 Å². The third kappa shape index (κ3) is 5.05. The second kappa shape index (κ2) is 6.22. The molecular weight excluding hydrogens is 266 g/mol. The van der Waals surface area contributed by atoms with Crippen LogP contribution >= 0.6 is 11.2 Å². The normalized spacial score (nSPS) is 11.9. The van der Waals surface area contributed by atoms with Crippen LogP contribution in [0.2, 0.25) is 19.6 Å². The number of benzene rings is 2. The summed E-state index contributed by atoms with van der Waals surface area (Å²) in [4.78, 5) is 5.84. The van der Waals surface area contributed by atoms with Crippen molar-refractivity contribution in [1.82, 2.24) is 0 Å². The molecule has 0 radical (unpaired) electrons. The summed E-state index contributed by atoms with van der Waals surface area (Å²) in [7, 11) is -1.11. The van der Waals surface area contributed by atoms with Gasteiger partial charge in [-0.15, -0.1) is 0 Å². The Morgan fingerprint density at radius 2 is 1.53 bits per heavy atom. The molecule has 0 amide bonds. The van der Waals surface area contributed by atoms with Gasteiger partial charge in [-0.05, 0) is 29.8 Å². The molecule has 3 heteroatoms. The molecule has 0 fully saturated rings. The van der Waals surface area contributed by atoms with Crippen LogP contribution in [0.4, 0.5) is 5.69 Å². The molecule has 0 N–H and O–H groups in total. The molecule has 0 saturated heterocycles. The zero-order valence-electron chi connectivity index (χ0n) is 11.6. The third-order valence-corrected chi connectivity index (χ3v) is 6.09. The molecule has 0 aliphatic rings.